The van der Waals surface area contributed by atoms with Gasteiger partial charge in [-0.2, -0.15) is 4.98 Å². The molecule has 3 N–H and O–H groups in total. The van der Waals surface area contributed by atoms with Crippen molar-refractivity contribution in [3.63, 3.8) is 0 Å². The molecule has 3 aromatic rings. The minimum Gasteiger partial charge on any atom is -0.527 e. The van der Waals surface area contributed by atoms with Crippen LogP contribution in [-0.4, -0.2) is 29.6 Å². The number of anilines is 1. The van der Waals surface area contributed by atoms with E-state index in [4.69, 9.17) is 10.4 Å². The number of aromatic nitrogens is 2. The Bertz CT molecular complexity index is 789. The molecule has 0 saturated carbocycles. The van der Waals surface area contributed by atoms with Crippen LogP contribution in [0.1, 0.15) is 0 Å². The Labute approximate surface area is 141 Å². The zero-order valence-corrected chi connectivity index (χ0v) is 13.3. The molecule has 0 amide bonds. The fourth-order valence-corrected chi connectivity index (χ4v) is 3.77. The molecule has 5 nitrogen and oxygen atoms in total. The van der Waals surface area contributed by atoms with Crippen molar-refractivity contribution in [3.8, 4) is 0 Å². The summed E-state index contributed by atoms with van der Waals surface area (Å²) in [7, 11) is 0. The van der Waals surface area contributed by atoms with Gasteiger partial charge in [-0.3, -0.25) is 0 Å². The summed E-state index contributed by atoms with van der Waals surface area (Å²) < 4.78 is 6.44. The molecule has 0 bridgehead atoms. The van der Waals surface area contributed by atoms with Crippen LogP contribution in [0.4, 0.5) is 11.6 Å². The number of nitrogens with two attached hydrogens (primary N) is 1. The molecule has 1 saturated heterocycles. The third kappa shape index (κ3) is 2.36. The molecule has 1 aromatic heterocycles. The van der Waals surface area contributed by atoms with Crippen LogP contribution in [0.2, 0.25) is 0 Å². The van der Waals surface area contributed by atoms with E-state index in [2.05, 4.69) is 58.5 Å². The lowest BCUT2D eigenvalue weighted by molar-refractivity contribution is -0.714. The molecule has 1 atom stereocenters. The lowest BCUT2D eigenvalue weighted by atomic mass is 9.41. The minimum absolute atomic E-state index is 0.477. The number of nitrogens with one attached hydrogen (secondary N) is 1. The number of hydrogen-bond donors (Lipinski definition) is 2. The number of hydrogen-bond acceptors (Lipinski definition) is 4. The SMILES string of the molecule is Nc1cc([NH+]2CCO[B-]2(c2ccccc2)c2ccccc2)ncn1. The Morgan fingerprint density at radius 2 is 1.54 bits per heavy atom. The predicted octanol–water partition coefficient (Wildman–Crippen LogP) is -0.138. The van der Waals surface area contributed by atoms with Crippen LogP contribution in [0.5, 0.6) is 0 Å². The summed E-state index contributed by atoms with van der Waals surface area (Å²) in [4.78, 5) is 9.68. The summed E-state index contributed by atoms with van der Waals surface area (Å²) in [5.41, 5.74) is 8.21. The minimum atomic E-state index is -1.48. The van der Waals surface area contributed by atoms with Gasteiger partial charge in [0.15, 0.2) is 5.82 Å². The summed E-state index contributed by atoms with van der Waals surface area (Å²) >= 11 is 0. The van der Waals surface area contributed by atoms with Crippen molar-refractivity contribution in [1.29, 1.82) is 0 Å². The fourth-order valence-electron chi connectivity index (χ4n) is 3.77. The van der Waals surface area contributed by atoms with Gasteiger partial charge in [-0.05, 0) is 0 Å². The third-order valence-electron chi connectivity index (χ3n) is 4.79. The maximum atomic E-state index is 6.44. The highest BCUT2D eigenvalue weighted by atomic mass is 16.5. The molecule has 1 aliphatic heterocycles. The van der Waals surface area contributed by atoms with E-state index in [1.807, 2.05) is 18.2 Å². The van der Waals surface area contributed by atoms with E-state index in [-0.39, 0.29) is 0 Å². The summed E-state index contributed by atoms with van der Waals surface area (Å²) in [5.74, 6) is 1.35. The van der Waals surface area contributed by atoms with Crippen molar-refractivity contribution >= 4 is 29.0 Å². The van der Waals surface area contributed by atoms with Gasteiger partial charge in [0.2, 0.25) is 0 Å². The molecule has 0 aliphatic carbocycles. The van der Waals surface area contributed by atoms with Crippen molar-refractivity contribution in [1.82, 2.24) is 9.97 Å². The van der Waals surface area contributed by atoms with E-state index < -0.39 is 6.48 Å². The second-order valence-corrected chi connectivity index (χ2v) is 6.08. The molecule has 24 heavy (non-hydrogen) atoms. The summed E-state index contributed by atoms with van der Waals surface area (Å²) in [5, 5.41) is 0. The Balaban J connectivity index is 1.93. The first-order chi connectivity index (χ1) is 11.8. The highest BCUT2D eigenvalue weighted by Crippen LogP contribution is 2.10. The predicted molar refractivity (Wildman–Crippen MR) is 95.8 cm³/mol. The van der Waals surface area contributed by atoms with Crippen LogP contribution in [0.3, 0.4) is 0 Å². The molecular formula is C18H19BN4O. The van der Waals surface area contributed by atoms with Gasteiger partial charge in [0.05, 0.1) is 19.2 Å². The van der Waals surface area contributed by atoms with Crippen LogP contribution in [0.15, 0.2) is 73.1 Å². The van der Waals surface area contributed by atoms with Gasteiger partial charge in [-0.25, -0.2) is 4.98 Å². The summed E-state index contributed by atoms with van der Waals surface area (Å²) in [6.45, 7) is 0.0256. The van der Waals surface area contributed by atoms with Gasteiger partial charge in [0.25, 0.3) is 0 Å². The second kappa shape index (κ2) is 6.07. The molecular weight excluding hydrogens is 299 g/mol. The molecule has 1 aliphatic rings. The van der Waals surface area contributed by atoms with Gasteiger partial charge in [-0.15, -0.1) is 10.9 Å². The Morgan fingerprint density at radius 3 is 2.12 bits per heavy atom. The van der Waals surface area contributed by atoms with Crippen molar-refractivity contribution < 1.29 is 9.47 Å². The van der Waals surface area contributed by atoms with E-state index in [1.54, 1.807) is 0 Å². The Hall–Kier alpha value is -2.70. The Morgan fingerprint density at radius 1 is 0.917 bits per heavy atom. The normalized spacial score (nSPS) is 19.2. The molecule has 1 fully saturated rings. The van der Waals surface area contributed by atoms with Crippen molar-refractivity contribution in [2.75, 3.05) is 18.9 Å². The lowest BCUT2D eigenvalue weighted by Crippen LogP contribution is -3.21. The largest absolute Gasteiger partial charge is 0.527 e. The maximum absolute atomic E-state index is 6.44. The van der Waals surface area contributed by atoms with E-state index >= 15 is 0 Å². The highest BCUT2D eigenvalue weighted by Gasteiger charge is 2.48. The van der Waals surface area contributed by atoms with Gasteiger partial charge < -0.3 is 15.2 Å². The monoisotopic (exact) mass is 318 g/mol. The topological polar surface area (TPSA) is 65.5 Å². The number of nitrogen functional groups attached to an aromatic ring is 1. The summed E-state index contributed by atoms with van der Waals surface area (Å²) in [6.07, 6.45) is 1.52. The quantitative estimate of drug-likeness (QED) is 0.660. The first-order valence-electron chi connectivity index (χ1n) is 8.14. The molecule has 2 heterocycles. The zero-order chi connectivity index (χ0) is 16.4. The zero-order valence-electron chi connectivity index (χ0n) is 13.3. The molecule has 0 radical (unpaired) electrons. The standard InChI is InChI=1S/C18H19BN4O/c20-17-13-18(22-14-21-17)23-11-12-24-19(23,15-7-3-1-4-8-15)16-9-5-2-6-10-16/h1-10,13-14,23H,11-12H2,(H2,20,21,22). The van der Waals surface area contributed by atoms with E-state index in [9.17, 15) is 0 Å². The smallest absolute Gasteiger partial charge is 0.396 e. The lowest BCUT2D eigenvalue weighted by Gasteiger charge is -2.39. The van der Waals surface area contributed by atoms with Crippen LogP contribution >= 0.6 is 0 Å². The van der Waals surface area contributed by atoms with Crippen LogP contribution < -0.4 is 21.5 Å². The van der Waals surface area contributed by atoms with Crippen LogP contribution in [0, 0.1) is 0 Å². The number of benzene rings is 2. The van der Waals surface area contributed by atoms with Crippen LogP contribution in [0.25, 0.3) is 0 Å². The summed E-state index contributed by atoms with van der Waals surface area (Å²) in [6, 6.07) is 22.6. The average Bonchev–Trinajstić information content (AvgIpc) is 3.09. The number of nitrogens with zero attached hydrogens (tertiary/aromatic N) is 2. The van der Waals surface area contributed by atoms with Crippen molar-refractivity contribution in [3.05, 3.63) is 73.1 Å². The van der Waals surface area contributed by atoms with Gasteiger partial charge >= 0.3 is 6.48 Å². The molecule has 1 unspecified atom stereocenters. The number of rotatable bonds is 3. The van der Waals surface area contributed by atoms with Gasteiger partial charge in [0, 0.05) is 0 Å². The first kappa shape index (κ1) is 14.9. The highest BCUT2D eigenvalue weighted by molar-refractivity contribution is 6.91. The van der Waals surface area contributed by atoms with E-state index in [0.717, 1.165) is 23.3 Å². The van der Waals surface area contributed by atoms with Crippen LogP contribution in [-0.2, 0) is 4.65 Å². The molecule has 4 rings (SSSR count). The van der Waals surface area contributed by atoms with Crippen molar-refractivity contribution in [2.45, 2.75) is 0 Å². The van der Waals surface area contributed by atoms with Gasteiger partial charge in [0.1, 0.15) is 12.1 Å². The average molecular weight is 318 g/mol. The second-order valence-electron chi connectivity index (χ2n) is 6.08. The molecule has 0 spiro atoms. The van der Waals surface area contributed by atoms with E-state index in [0.29, 0.717) is 12.4 Å². The molecule has 120 valence electrons. The molecule has 6 heteroatoms. The number of quaternary nitrogens is 1. The van der Waals surface area contributed by atoms with Gasteiger partial charge in [-0.1, -0.05) is 60.7 Å². The maximum Gasteiger partial charge on any atom is 0.396 e. The van der Waals surface area contributed by atoms with E-state index in [1.165, 1.54) is 11.1 Å². The first-order valence-corrected chi connectivity index (χ1v) is 8.14. The van der Waals surface area contributed by atoms with Crippen molar-refractivity contribution in [2.24, 2.45) is 0 Å². The molecule has 2 aromatic carbocycles. The Kier molecular flexibility index (Phi) is 3.76. The fraction of sp³-hybridized carbons (Fsp3) is 0.111. The third-order valence-corrected chi connectivity index (χ3v) is 4.79.